The van der Waals surface area contributed by atoms with Gasteiger partial charge in [-0.2, -0.15) is 5.26 Å². The number of fused-ring (bicyclic) bond motifs is 1. The van der Waals surface area contributed by atoms with Crippen molar-refractivity contribution in [1.29, 1.82) is 5.26 Å². The molecule has 9 heavy (non-hydrogen) atoms. The van der Waals surface area contributed by atoms with Gasteiger partial charge in [0.05, 0.1) is 6.07 Å². The summed E-state index contributed by atoms with van der Waals surface area (Å²) < 4.78 is 0.109. The lowest BCUT2D eigenvalue weighted by molar-refractivity contribution is 0.522. The zero-order valence-corrected chi connectivity index (χ0v) is 6.08. The molecule has 1 aliphatic heterocycles. The van der Waals surface area contributed by atoms with Crippen molar-refractivity contribution in [1.82, 2.24) is 0 Å². The van der Waals surface area contributed by atoms with Crippen molar-refractivity contribution in [3.8, 4) is 6.07 Å². The maximum atomic E-state index is 8.72. The molecular formula is C7H9NS. The van der Waals surface area contributed by atoms with E-state index in [1.807, 2.05) is 11.8 Å². The highest BCUT2D eigenvalue weighted by Gasteiger charge is 2.56. The third-order valence-electron chi connectivity index (χ3n) is 2.27. The van der Waals surface area contributed by atoms with Gasteiger partial charge >= 0.3 is 0 Å². The molecule has 1 saturated carbocycles. The fourth-order valence-corrected chi connectivity index (χ4v) is 2.93. The Kier molecular flexibility index (Phi) is 1.04. The molecule has 1 heterocycles. The van der Waals surface area contributed by atoms with Crippen molar-refractivity contribution in [3.05, 3.63) is 0 Å². The Morgan fingerprint density at radius 2 is 2.44 bits per heavy atom. The number of nitrogens with zero attached hydrogens (tertiary/aromatic N) is 1. The number of thioether (sulfide) groups is 1. The van der Waals surface area contributed by atoms with Crippen LogP contribution in [0.3, 0.4) is 0 Å². The first kappa shape index (κ1) is 5.61. The largest absolute Gasteiger partial charge is 0.197 e. The highest BCUT2D eigenvalue weighted by atomic mass is 32.2. The van der Waals surface area contributed by atoms with Gasteiger partial charge in [0, 0.05) is 5.25 Å². The Morgan fingerprint density at radius 3 is 3.00 bits per heavy atom. The standard InChI is InChI=1S/C7H9NS/c8-5-7-4-2-1-3-6(7)9-7/h6H,1-4H2. The van der Waals surface area contributed by atoms with Crippen molar-refractivity contribution in [2.45, 2.75) is 35.7 Å². The summed E-state index contributed by atoms with van der Waals surface area (Å²) in [4.78, 5) is 0. The van der Waals surface area contributed by atoms with Crippen LogP contribution in [0, 0.1) is 11.3 Å². The maximum absolute atomic E-state index is 8.72. The van der Waals surface area contributed by atoms with Crippen LogP contribution in [0.5, 0.6) is 0 Å². The van der Waals surface area contributed by atoms with E-state index < -0.39 is 0 Å². The Labute approximate surface area is 59.4 Å². The van der Waals surface area contributed by atoms with E-state index in [0.717, 1.165) is 11.7 Å². The average Bonchev–Trinajstić information content (AvgIpc) is 2.62. The Hall–Kier alpha value is -0.160. The number of nitriles is 1. The van der Waals surface area contributed by atoms with E-state index in [1.54, 1.807) is 0 Å². The van der Waals surface area contributed by atoms with Crippen LogP contribution in [0.15, 0.2) is 0 Å². The molecule has 2 aliphatic rings. The summed E-state index contributed by atoms with van der Waals surface area (Å²) in [5, 5.41) is 9.44. The first-order valence-corrected chi connectivity index (χ1v) is 4.34. The zero-order chi connectivity index (χ0) is 6.32. The van der Waals surface area contributed by atoms with E-state index >= 15 is 0 Å². The van der Waals surface area contributed by atoms with Gasteiger partial charge in [-0.05, 0) is 12.8 Å². The molecule has 2 unspecified atom stereocenters. The highest BCUT2D eigenvalue weighted by Crippen LogP contribution is 2.60. The van der Waals surface area contributed by atoms with Gasteiger partial charge in [0.1, 0.15) is 4.75 Å². The third kappa shape index (κ3) is 0.679. The van der Waals surface area contributed by atoms with Gasteiger partial charge in [-0.15, -0.1) is 11.8 Å². The lowest BCUT2D eigenvalue weighted by Crippen LogP contribution is -2.15. The lowest BCUT2D eigenvalue weighted by Gasteiger charge is -2.10. The Balaban J connectivity index is 2.11. The van der Waals surface area contributed by atoms with Gasteiger partial charge in [0.2, 0.25) is 0 Å². The van der Waals surface area contributed by atoms with E-state index in [9.17, 15) is 0 Å². The van der Waals surface area contributed by atoms with Crippen LogP contribution >= 0.6 is 11.8 Å². The van der Waals surface area contributed by atoms with Gasteiger partial charge in [-0.25, -0.2) is 0 Å². The summed E-state index contributed by atoms with van der Waals surface area (Å²) in [6, 6.07) is 2.42. The number of hydrogen-bond donors (Lipinski definition) is 0. The third-order valence-corrected chi connectivity index (χ3v) is 3.94. The minimum Gasteiger partial charge on any atom is -0.197 e. The molecule has 0 radical (unpaired) electrons. The summed E-state index contributed by atoms with van der Waals surface area (Å²) in [7, 11) is 0. The quantitative estimate of drug-likeness (QED) is 0.479. The average molecular weight is 139 g/mol. The van der Waals surface area contributed by atoms with E-state index in [0.29, 0.717) is 0 Å². The molecule has 2 atom stereocenters. The molecule has 2 heteroatoms. The fourth-order valence-electron chi connectivity index (χ4n) is 1.60. The minimum atomic E-state index is 0.109. The molecule has 48 valence electrons. The van der Waals surface area contributed by atoms with Crippen LogP contribution < -0.4 is 0 Å². The summed E-state index contributed by atoms with van der Waals surface area (Å²) in [6.45, 7) is 0. The molecule has 2 fully saturated rings. The van der Waals surface area contributed by atoms with Crippen molar-refractivity contribution >= 4 is 11.8 Å². The predicted molar refractivity (Wildman–Crippen MR) is 38.2 cm³/mol. The van der Waals surface area contributed by atoms with Gasteiger partial charge in [0.15, 0.2) is 0 Å². The van der Waals surface area contributed by atoms with Gasteiger partial charge in [-0.3, -0.25) is 0 Å². The van der Waals surface area contributed by atoms with Gasteiger partial charge in [-0.1, -0.05) is 12.8 Å². The minimum absolute atomic E-state index is 0.109. The van der Waals surface area contributed by atoms with Crippen LogP contribution in [0.2, 0.25) is 0 Å². The van der Waals surface area contributed by atoms with Crippen molar-refractivity contribution < 1.29 is 0 Å². The van der Waals surface area contributed by atoms with Crippen LogP contribution in [-0.2, 0) is 0 Å². The van der Waals surface area contributed by atoms with E-state index in [4.69, 9.17) is 5.26 Å². The monoisotopic (exact) mass is 139 g/mol. The first-order chi connectivity index (χ1) is 4.37. The maximum Gasteiger partial charge on any atom is 0.115 e. The van der Waals surface area contributed by atoms with E-state index in [2.05, 4.69) is 6.07 Å². The second-order valence-corrected chi connectivity index (χ2v) is 4.39. The van der Waals surface area contributed by atoms with Crippen molar-refractivity contribution in [2.75, 3.05) is 0 Å². The van der Waals surface area contributed by atoms with Crippen molar-refractivity contribution in [2.24, 2.45) is 0 Å². The first-order valence-electron chi connectivity index (χ1n) is 3.46. The van der Waals surface area contributed by atoms with Gasteiger partial charge < -0.3 is 0 Å². The van der Waals surface area contributed by atoms with Crippen molar-refractivity contribution in [3.63, 3.8) is 0 Å². The Morgan fingerprint density at radius 1 is 1.56 bits per heavy atom. The van der Waals surface area contributed by atoms with Gasteiger partial charge in [0.25, 0.3) is 0 Å². The second-order valence-electron chi connectivity index (χ2n) is 2.85. The normalized spacial score (nSPS) is 47.2. The van der Waals surface area contributed by atoms with E-state index in [-0.39, 0.29) is 4.75 Å². The number of hydrogen-bond acceptors (Lipinski definition) is 2. The molecule has 0 amide bonds. The molecule has 1 aliphatic carbocycles. The summed E-state index contributed by atoms with van der Waals surface area (Å²) in [6.07, 6.45) is 5.06. The molecule has 0 N–H and O–H groups in total. The van der Waals surface area contributed by atoms with E-state index in [1.165, 1.54) is 19.3 Å². The molecule has 0 aromatic heterocycles. The molecular weight excluding hydrogens is 130 g/mol. The van der Waals surface area contributed by atoms with Crippen LogP contribution in [0.1, 0.15) is 25.7 Å². The van der Waals surface area contributed by atoms with Crippen LogP contribution in [0.4, 0.5) is 0 Å². The summed E-state index contributed by atoms with van der Waals surface area (Å²) in [5.74, 6) is 0. The topological polar surface area (TPSA) is 23.8 Å². The highest BCUT2D eigenvalue weighted by molar-refractivity contribution is 8.09. The molecule has 2 rings (SSSR count). The molecule has 1 saturated heterocycles. The smallest absolute Gasteiger partial charge is 0.115 e. The molecule has 1 nitrogen and oxygen atoms in total. The molecule has 0 spiro atoms. The second kappa shape index (κ2) is 1.67. The predicted octanol–water partition coefficient (Wildman–Crippen LogP) is 1.94. The SMILES string of the molecule is N#CC12CCCCC1S2. The lowest BCUT2D eigenvalue weighted by atomic mass is 9.91. The number of rotatable bonds is 0. The van der Waals surface area contributed by atoms with Crippen LogP contribution in [0.25, 0.3) is 0 Å². The zero-order valence-electron chi connectivity index (χ0n) is 5.26. The summed E-state index contributed by atoms with van der Waals surface area (Å²) >= 11 is 1.89. The fraction of sp³-hybridized carbons (Fsp3) is 0.857. The molecule has 0 aromatic carbocycles. The molecule has 0 bridgehead atoms. The summed E-state index contributed by atoms with van der Waals surface area (Å²) in [5.41, 5.74) is 0. The molecule has 0 aromatic rings. The van der Waals surface area contributed by atoms with Crippen LogP contribution in [-0.4, -0.2) is 10.00 Å². The Bertz CT molecular complexity index is 172.